The first-order valence-electron chi connectivity index (χ1n) is 9.20. The molecule has 4 rings (SSSR count). The van der Waals surface area contributed by atoms with Gasteiger partial charge < -0.3 is 9.15 Å². The fourth-order valence-electron chi connectivity index (χ4n) is 2.87. The van der Waals surface area contributed by atoms with E-state index in [1.54, 1.807) is 12.1 Å². The molecule has 0 fully saturated rings. The zero-order valence-corrected chi connectivity index (χ0v) is 16.6. The first-order chi connectivity index (χ1) is 14.3. The minimum atomic E-state index is -0.0949. The predicted octanol–water partition coefficient (Wildman–Crippen LogP) is 4.90. The summed E-state index contributed by atoms with van der Waals surface area (Å²) in [5, 5.41) is 9.36. The molecule has 0 radical (unpaired) electrons. The summed E-state index contributed by atoms with van der Waals surface area (Å²) in [6.07, 6.45) is 1.49. The van der Waals surface area contributed by atoms with Crippen LogP contribution >= 0.6 is 11.8 Å². The van der Waals surface area contributed by atoms with E-state index >= 15 is 0 Å². The summed E-state index contributed by atoms with van der Waals surface area (Å²) in [6, 6.07) is 20.9. The third kappa shape index (κ3) is 4.25. The lowest BCUT2D eigenvalue weighted by Crippen LogP contribution is -2.04. The van der Waals surface area contributed by atoms with Crippen LogP contribution in [0.1, 0.15) is 17.5 Å². The van der Waals surface area contributed by atoms with E-state index in [1.165, 1.54) is 18.0 Å². The molecule has 0 aliphatic rings. The van der Waals surface area contributed by atoms with E-state index in [2.05, 4.69) is 10.2 Å². The molecule has 6 nitrogen and oxygen atoms in total. The lowest BCUT2D eigenvalue weighted by molar-refractivity contribution is 0.0992. The average molecular weight is 405 g/mol. The third-order valence-electron chi connectivity index (χ3n) is 4.20. The molecule has 0 amide bonds. The molecule has 0 aliphatic carbocycles. The monoisotopic (exact) mass is 405 g/mol. The summed E-state index contributed by atoms with van der Waals surface area (Å²) in [5.41, 5.74) is 1.84. The van der Waals surface area contributed by atoms with Crippen molar-refractivity contribution >= 4 is 17.5 Å². The molecule has 0 unspecified atom stereocenters. The third-order valence-corrected chi connectivity index (χ3v) is 5.13. The lowest BCUT2D eigenvalue weighted by atomic mass is 10.2. The van der Waals surface area contributed by atoms with Crippen molar-refractivity contribution in [3.63, 3.8) is 0 Å². The molecule has 29 heavy (non-hydrogen) atoms. The van der Waals surface area contributed by atoms with Gasteiger partial charge in [0, 0.05) is 11.3 Å². The molecule has 0 N–H and O–H groups in total. The fraction of sp³-hybridized carbons (Fsp3) is 0.136. The summed E-state index contributed by atoms with van der Waals surface area (Å²) >= 11 is 1.33. The summed E-state index contributed by atoms with van der Waals surface area (Å²) in [7, 11) is 0. The molecule has 0 spiro atoms. The highest BCUT2D eigenvalue weighted by Crippen LogP contribution is 2.29. The number of Topliss-reactive ketones (excluding diaryl/α,β-unsaturated/α-hetero) is 1. The topological polar surface area (TPSA) is 70.2 Å². The standard InChI is InChI=1S/C22H19N3O3S/c1-2-27-18-12-10-17(11-13-18)25-21(16-7-4-3-5-8-16)23-24-22(25)29-15-19(26)20-9-6-14-28-20/h3-14H,2,15H2,1H3. The number of ketones is 1. The summed E-state index contributed by atoms with van der Waals surface area (Å²) < 4.78 is 12.7. The van der Waals surface area contributed by atoms with Crippen LogP contribution in [0.3, 0.4) is 0 Å². The molecule has 2 heterocycles. The highest BCUT2D eigenvalue weighted by molar-refractivity contribution is 7.99. The van der Waals surface area contributed by atoms with Crippen LogP contribution in [-0.4, -0.2) is 32.9 Å². The van der Waals surface area contributed by atoms with E-state index < -0.39 is 0 Å². The quantitative estimate of drug-likeness (QED) is 0.307. The number of hydrogen-bond acceptors (Lipinski definition) is 6. The Morgan fingerprint density at radius 2 is 1.83 bits per heavy atom. The van der Waals surface area contributed by atoms with Gasteiger partial charge in [0.2, 0.25) is 5.78 Å². The van der Waals surface area contributed by atoms with Gasteiger partial charge in [0.05, 0.1) is 18.6 Å². The van der Waals surface area contributed by atoms with Crippen molar-refractivity contribution in [1.29, 1.82) is 0 Å². The Hall–Kier alpha value is -3.32. The van der Waals surface area contributed by atoms with Gasteiger partial charge in [-0.05, 0) is 43.3 Å². The van der Waals surface area contributed by atoms with Crippen molar-refractivity contribution in [2.45, 2.75) is 12.1 Å². The Balaban J connectivity index is 1.67. The van der Waals surface area contributed by atoms with Gasteiger partial charge in [-0.15, -0.1) is 10.2 Å². The van der Waals surface area contributed by atoms with Crippen molar-refractivity contribution in [1.82, 2.24) is 14.8 Å². The van der Waals surface area contributed by atoms with Crippen LogP contribution in [0.5, 0.6) is 5.75 Å². The van der Waals surface area contributed by atoms with Crippen LogP contribution in [0.4, 0.5) is 0 Å². The lowest BCUT2D eigenvalue weighted by Gasteiger charge is -2.11. The number of carbonyl (C=O) groups excluding carboxylic acids is 1. The minimum absolute atomic E-state index is 0.0949. The SMILES string of the molecule is CCOc1ccc(-n2c(SCC(=O)c3ccco3)nnc2-c2ccccc2)cc1. The second-order valence-electron chi connectivity index (χ2n) is 6.12. The molecule has 4 aromatic rings. The Labute approximate surface area is 172 Å². The molecule has 0 atom stereocenters. The van der Waals surface area contributed by atoms with Crippen molar-refractivity contribution in [2.75, 3.05) is 12.4 Å². The molecule has 2 aromatic heterocycles. The molecule has 2 aromatic carbocycles. The van der Waals surface area contributed by atoms with Crippen molar-refractivity contribution in [3.8, 4) is 22.8 Å². The number of furan rings is 1. The van der Waals surface area contributed by atoms with Crippen molar-refractivity contribution in [2.24, 2.45) is 0 Å². The van der Waals surface area contributed by atoms with E-state index in [9.17, 15) is 4.79 Å². The molecular weight excluding hydrogens is 386 g/mol. The number of carbonyl (C=O) groups is 1. The summed E-state index contributed by atoms with van der Waals surface area (Å²) in [6.45, 7) is 2.56. The van der Waals surface area contributed by atoms with E-state index in [0.717, 1.165) is 17.0 Å². The van der Waals surface area contributed by atoms with Crippen LogP contribution in [0.2, 0.25) is 0 Å². The van der Waals surface area contributed by atoms with Gasteiger partial charge in [-0.1, -0.05) is 42.1 Å². The maximum atomic E-state index is 12.3. The van der Waals surface area contributed by atoms with Crippen LogP contribution in [-0.2, 0) is 0 Å². The van der Waals surface area contributed by atoms with Crippen LogP contribution in [0.25, 0.3) is 17.1 Å². The Morgan fingerprint density at radius 3 is 2.52 bits per heavy atom. The maximum Gasteiger partial charge on any atom is 0.208 e. The molecule has 0 saturated heterocycles. The first kappa shape index (κ1) is 19.0. The summed E-state index contributed by atoms with van der Waals surface area (Å²) in [4.78, 5) is 12.3. The largest absolute Gasteiger partial charge is 0.494 e. The highest BCUT2D eigenvalue weighted by atomic mass is 32.2. The number of benzene rings is 2. The van der Waals surface area contributed by atoms with E-state index in [-0.39, 0.29) is 11.5 Å². The van der Waals surface area contributed by atoms with Gasteiger partial charge in [-0.2, -0.15) is 0 Å². The smallest absolute Gasteiger partial charge is 0.208 e. The van der Waals surface area contributed by atoms with Crippen LogP contribution in [0.15, 0.2) is 82.6 Å². The molecular formula is C22H19N3O3S. The molecule has 146 valence electrons. The molecule has 0 bridgehead atoms. The van der Waals surface area contributed by atoms with Crippen LogP contribution in [0, 0.1) is 0 Å². The second kappa shape index (κ2) is 8.79. The molecule has 0 aliphatic heterocycles. The summed E-state index contributed by atoms with van der Waals surface area (Å²) in [5.74, 6) is 1.96. The first-order valence-corrected chi connectivity index (χ1v) is 10.2. The number of rotatable bonds is 8. The maximum absolute atomic E-state index is 12.3. The second-order valence-corrected chi connectivity index (χ2v) is 7.07. The van der Waals surface area contributed by atoms with E-state index in [4.69, 9.17) is 9.15 Å². The fourth-order valence-corrected chi connectivity index (χ4v) is 3.69. The Bertz CT molecular complexity index is 1070. The van der Waals surface area contributed by atoms with Gasteiger partial charge in [0.25, 0.3) is 0 Å². The Morgan fingerprint density at radius 1 is 1.03 bits per heavy atom. The van der Waals surface area contributed by atoms with Gasteiger partial charge in [-0.25, -0.2) is 0 Å². The minimum Gasteiger partial charge on any atom is -0.494 e. The number of aromatic nitrogens is 3. The normalized spacial score (nSPS) is 10.8. The van der Waals surface area contributed by atoms with Gasteiger partial charge in [-0.3, -0.25) is 9.36 Å². The highest BCUT2D eigenvalue weighted by Gasteiger charge is 2.18. The number of thioether (sulfide) groups is 1. The van der Waals surface area contributed by atoms with Gasteiger partial charge >= 0.3 is 0 Å². The van der Waals surface area contributed by atoms with Gasteiger partial charge in [0.15, 0.2) is 16.7 Å². The van der Waals surface area contributed by atoms with Crippen molar-refractivity contribution in [3.05, 3.63) is 78.8 Å². The number of nitrogens with zero attached hydrogens (tertiary/aromatic N) is 3. The number of hydrogen-bond donors (Lipinski definition) is 0. The zero-order valence-electron chi connectivity index (χ0n) is 15.8. The van der Waals surface area contributed by atoms with Crippen molar-refractivity contribution < 1.29 is 13.9 Å². The predicted molar refractivity (Wildman–Crippen MR) is 112 cm³/mol. The average Bonchev–Trinajstić information content (AvgIpc) is 3.44. The number of ether oxygens (including phenoxy) is 1. The van der Waals surface area contributed by atoms with Crippen LogP contribution < -0.4 is 4.74 Å². The molecule has 7 heteroatoms. The van der Waals surface area contributed by atoms with E-state index in [0.29, 0.717) is 23.3 Å². The molecule has 0 saturated carbocycles. The van der Waals surface area contributed by atoms with Gasteiger partial charge in [0.1, 0.15) is 5.75 Å². The zero-order chi connectivity index (χ0) is 20.1. The Kier molecular flexibility index (Phi) is 5.76. The van der Waals surface area contributed by atoms with E-state index in [1.807, 2.05) is 66.1 Å².